The minimum Gasteiger partial charge on any atom is -0.495 e. The molecule has 0 fully saturated rings. The van der Waals surface area contributed by atoms with Crippen LogP contribution in [0.1, 0.15) is 18.7 Å². The Kier molecular flexibility index (Phi) is 5.19. The van der Waals surface area contributed by atoms with E-state index < -0.39 is 4.92 Å². The van der Waals surface area contributed by atoms with E-state index in [2.05, 4.69) is 10.6 Å². The lowest BCUT2D eigenvalue weighted by molar-refractivity contribution is -0.384. The van der Waals surface area contributed by atoms with E-state index in [1.165, 1.54) is 31.6 Å². The standard InChI is InChI=1S/C15H17N3O5/c1-10(13-4-3-7-23-13)17-15(19)9-16-12-8-11(18(20)21)5-6-14(12)22-2/h3-8,10,16H,9H2,1-2H3,(H,17,19). The molecule has 2 N–H and O–H groups in total. The lowest BCUT2D eigenvalue weighted by Gasteiger charge is -2.14. The van der Waals surface area contributed by atoms with Crippen molar-refractivity contribution in [1.82, 2.24) is 5.32 Å². The van der Waals surface area contributed by atoms with Crippen LogP contribution in [0.2, 0.25) is 0 Å². The van der Waals surface area contributed by atoms with Crippen LogP contribution in [0.25, 0.3) is 0 Å². The third kappa shape index (κ3) is 4.22. The SMILES string of the molecule is COc1ccc([N+](=O)[O-])cc1NCC(=O)NC(C)c1ccco1. The summed E-state index contributed by atoms with van der Waals surface area (Å²) in [7, 11) is 1.45. The first kappa shape index (κ1) is 16.3. The molecule has 2 rings (SSSR count). The molecule has 0 saturated heterocycles. The van der Waals surface area contributed by atoms with E-state index in [-0.39, 0.29) is 24.2 Å². The Morgan fingerprint density at radius 1 is 1.43 bits per heavy atom. The van der Waals surface area contributed by atoms with Crippen LogP contribution < -0.4 is 15.4 Å². The molecule has 0 radical (unpaired) electrons. The van der Waals surface area contributed by atoms with Gasteiger partial charge in [0.15, 0.2) is 0 Å². The van der Waals surface area contributed by atoms with Gasteiger partial charge in [0.1, 0.15) is 11.5 Å². The summed E-state index contributed by atoms with van der Waals surface area (Å²) in [5.74, 6) is 0.788. The lowest BCUT2D eigenvalue weighted by Crippen LogP contribution is -2.31. The van der Waals surface area contributed by atoms with Gasteiger partial charge < -0.3 is 19.8 Å². The maximum Gasteiger partial charge on any atom is 0.271 e. The highest BCUT2D eigenvalue weighted by Gasteiger charge is 2.14. The Hall–Kier alpha value is -3.03. The lowest BCUT2D eigenvalue weighted by atomic mass is 10.2. The number of nitro groups is 1. The van der Waals surface area contributed by atoms with E-state index in [4.69, 9.17) is 9.15 Å². The molecular formula is C15H17N3O5. The molecule has 0 aliphatic rings. The van der Waals surface area contributed by atoms with E-state index in [0.717, 1.165) is 0 Å². The molecule has 1 aromatic heterocycles. The minimum absolute atomic E-state index is 0.0530. The van der Waals surface area contributed by atoms with Crippen molar-refractivity contribution in [2.24, 2.45) is 0 Å². The number of carbonyl (C=O) groups excluding carboxylic acids is 1. The van der Waals surface area contributed by atoms with Crippen molar-refractivity contribution in [3.8, 4) is 5.75 Å². The Morgan fingerprint density at radius 3 is 2.83 bits per heavy atom. The van der Waals surface area contributed by atoms with E-state index in [1.807, 2.05) is 0 Å². The monoisotopic (exact) mass is 319 g/mol. The second-order valence-electron chi connectivity index (χ2n) is 4.80. The number of nitrogens with zero attached hydrogens (tertiary/aromatic N) is 1. The average molecular weight is 319 g/mol. The predicted molar refractivity (Wildman–Crippen MR) is 83.4 cm³/mol. The van der Waals surface area contributed by atoms with Gasteiger partial charge >= 0.3 is 0 Å². The number of hydrogen-bond donors (Lipinski definition) is 2. The minimum atomic E-state index is -0.510. The fourth-order valence-corrected chi connectivity index (χ4v) is 2.02. The number of nitro benzene ring substituents is 1. The number of nitrogens with one attached hydrogen (secondary N) is 2. The van der Waals surface area contributed by atoms with E-state index in [9.17, 15) is 14.9 Å². The van der Waals surface area contributed by atoms with Gasteiger partial charge in [-0.2, -0.15) is 0 Å². The number of carbonyl (C=O) groups is 1. The van der Waals surface area contributed by atoms with Crippen LogP contribution >= 0.6 is 0 Å². The number of anilines is 1. The van der Waals surface area contributed by atoms with Gasteiger partial charge in [-0.15, -0.1) is 0 Å². The van der Waals surface area contributed by atoms with Gasteiger partial charge in [0, 0.05) is 12.1 Å². The normalized spacial score (nSPS) is 11.6. The predicted octanol–water partition coefficient (Wildman–Crippen LogP) is 2.49. The summed E-state index contributed by atoms with van der Waals surface area (Å²) < 4.78 is 10.3. The first-order valence-corrected chi connectivity index (χ1v) is 6.90. The quantitative estimate of drug-likeness (QED) is 0.600. The van der Waals surface area contributed by atoms with E-state index in [1.54, 1.807) is 19.1 Å². The highest BCUT2D eigenvalue weighted by molar-refractivity contribution is 5.81. The third-order valence-electron chi connectivity index (χ3n) is 3.18. The van der Waals surface area contributed by atoms with Crippen LogP contribution in [0.4, 0.5) is 11.4 Å². The summed E-state index contributed by atoms with van der Waals surface area (Å²) in [5.41, 5.74) is 0.292. The molecule has 1 amide bonds. The molecule has 8 heteroatoms. The number of non-ortho nitro benzene ring substituents is 1. The number of amides is 1. The number of rotatable bonds is 7. The largest absolute Gasteiger partial charge is 0.495 e. The van der Waals surface area contributed by atoms with Crippen molar-refractivity contribution < 1.29 is 18.9 Å². The number of methoxy groups -OCH3 is 1. The van der Waals surface area contributed by atoms with Crippen LogP contribution in [0.3, 0.4) is 0 Å². The fourth-order valence-electron chi connectivity index (χ4n) is 2.02. The molecule has 1 atom stereocenters. The number of hydrogen-bond acceptors (Lipinski definition) is 6. The molecule has 0 bridgehead atoms. The van der Waals surface area contributed by atoms with Crippen molar-refractivity contribution in [3.63, 3.8) is 0 Å². The van der Waals surface area contributed by atoms with Crippen LogP contribution in [-0.2, 0) is 4.79 Å². The van der Waals surface area contributed by atoms with Crippen LogP contribution in [0.5, 0.6) is 5.75 Å². The number of benzene rings is 1. The van der Waals surface area contributed by atoms with Crippen molar-refractivity contribution in [2.45, 2.75) is 13.0 Å². The van der Waals surface area contributed by atoms with Gasteiger partial charge in [0.25, 0.3) is 5.69 Å². The molecule has 0 aliphatic carbocycles. The van der Waals surface area contributed by atoms with Crippen LogP contribution in [0, 0.1) is 10.1 Å². The zero-order chi connectivity index (χ0) is 16.8. The van der Waals surface area contributed by atoms with Crippen molar-refractivity contribution in [1.29, 1.82) is 0 Å². The van der Waals surface area contributed by atoms with Gasteiger partial charge in [0.05, 0.1) is 36.6 Å². The van der Waals surface area contributed by atoms with Crippen LogP contribution in [0.15, 0.2) is 41.0 Å². The zero-order valence-corrected chi connectivity index (χ0v) is 12.7. The van der Waals surface area contributed by atoms with Gasteiger partial charge in [0.2, 0.25) is 5.91 Å². The van der Waals surface area contributed by atoms with Crippen molar-refractivity contribution >= 4 is 17.3 Å². The van der Waals surface area contributed by atoms with Gasteiger partial charge in [-0.05, 0) is 25.1 Å². The van der Waals surface area contributed by atoms with E-state index in [0.29, 0.717) is 17.2 Å². The smallest absolute Gasteiger partial charge is 0.271 e. The summed E-state index contributed by atoms with van der Waals surface area (Å²) in [6, 6.07) is 7.37. The molecular weight excluding hydrogens is 302 g/mol. The zero-order valence-electron chi connectivity index (χ0n) is 12.7. The number of ether oxygens (including phenoxy) is 1. The van der Waals surface area contributed by atoms with Gasteiger partial charge in [-0.1, -0.05) is 0 Å². The first-order valence-electron chi connectivity index (χ1n) is 6.90. The number of furan rings is 1. The first-order chi connectivity index (χ1) is 11.0. The Labute approximate surface area is 132 Å². The maximum atomic E-state index is 12.0. The molecule has 8 nitrogen and oxygen atoms in total. The topological polar surface area (TPSA) is 107 Å². The van der Waals surface area contributed by atoms with Gasteiger partial charge in [-0.3, -0.25) is 14.9 Å². The second kappa shape index (κ2) is 7.30. The highest BCUT2D eigenvalue weighted by atomic mass is 16.6. The molecule has 0 spiro atoms. The average Bonchev–Trinajstić information content (AvgIpc) is 3.07. The van der Waals surface area contributed by atoms with Gasteiger partial charge in [-0.25, -0.2) is 0 Å². The Morgan fingerprint density at radius 2 is 2.22 bits per heavy atom. The molecule has 122 valence electrons. The van der Waals surface area contributed by atoms with Crippen molar-refractivity contribution in [3.05, 3.63) is 52.5 Å². The molecule has 1 heterocycles. The summed E-state index contributed by atoms with van der Waals surface area (Å²) in [6.45, 7) is 1.74. The molecule has 1 aromatic carbocycles. The Bertz CT molecular complexity index is 684. The molecule has 23 heavy (non-hydrogen) atoms. The Balaban J connectivity index is 1.98. The molecule has 2 aromatic rings. The summed E-state index contributed by atoms with van der Waals surface area (Å²) in [6.07, 6.45) is 1.53. The second-order valence-corrected chi connectivity index (χ2v) is 4.80. The molecule has 0 saturated carbocycles. The third-order valence-corrected chi connectivity index (χ3v) is 3.18. The fraction of sp³-hybridized carbons (Fsp3) is 0.267. The summed E-state index contributed by atoms with van der Waals surface area (Å²) in [5, 5.41) is 16.4. The van der Waals surface area contributed by atoms with Crippen molar-refractivity contribution in [2.75, 3.05) is 19.0 Å². The van der Waals surface area contributed by atoms with E-state index >= 15 is 0 Å². The summed E-state index contributed by atoms with van der Waals surface area (Å²) in [4.78, 5) is 22.3. The highest BCUT2D eigenvalue weighted by Crippen LogP contribution is 2.28. The maximum absolute atomic E-state index is 12.0. The molecule has 0 aliphatic heterocycles. The molecule has 1 unspecified atom stereocenters. The van der Waals surface area contributed by atoms with Crippen LogP contribution in [-0.4, -0.2) is 24.5 Å². The summed E-state index contributed by atoms with van der Waals surface area (Å²) >= 11 is 0.